The van der Waals surface area contributed by atoms with Crippen molar-refractivity contribution in [1.82, 2.24) is 15.5 Å². The quantitative estimate of drug-likeness (QED) is 0.875. The van der Waals surface area contributed by atoms with Gasteiger partial charge in [0, 0.05) is 17.5 Å². The first-order chi connectivity index (χ1) is 10.7. The van der Waals surface area contributed by atoms with Gasteiger partial charge < -0.3 is 14.9 Å². The van der Waals surface area contributed by atoms with Crippen molar-refractivity contribution >= 4 is 11.9 Å². The molecule has 0 fully saturated rings. The van der Waals surface area contributed by atoms with E-state index in [9.17, 15) is 9.59 Å². The van der Waals surface area contributed by atoms with Crippen LogP contribution >= 0.6 is 0 Å². The van der Waals surface area contributed by atoms with Gasteiger partial charge in [0.15, 0.2) is 0 Å². The summed E-state index contributed by atoms with van der Waals surface area (Å²) in [7, 11) is 0. The summed E-state index contributed by atoms with van der Waals surface area (Å²) in [6.07, 6.45) is 0.652. The Morgan fingerprint density at radius 2 is 2.04 bits per heavy atom. The maximum absolute atomic E-state index is 11.9. The molecular formula is C16H19N3O4. The molecule has 1 aromatic carbocycles. The van der Waals surface area contributed by atoms with Gasteiger partial charge in [0.2, 0.25) is 11.7 Å². The van der Waals surface area contributed by atoms with Crippen LogP contribution < -0.4 is 5.32 Å². The average Bonchev–Trinajstić information content (AvgIpc) is 2.91. The van der Waals surface area contributed by atoms with Crippen LogP contribution in [0.4, 0.5) is 0 Å². The fraction of sp³-hybridized carbons (Fsp3) is 0.375. The number of nitrogens with zero attached hydrogens (tertiary/aromatic N) is 2. The molecular weight excluding hydrogens is 298 g/mol. The highest BCUT2D eigenvalue weighted by atomic mass is 16.5. The van der Waals surface area contributed by atoms with Crippen LogP contribution in [0, 0.1) is 5.41 Å². The highest BCUT2D eigenvalue weighted by Crippen LogP contribution is 2.22. The molecule has 0 spiro atoms. The fourth-order valence-electron chi connectivity index (χ4n) is 1.96. The van der Waals surface area contributed by atoms with Crippen LogP contribution in [0.1, 0.15) is 37.0 Å². The maximum atomic E-state index is 11.9. The molecule has 7 nitrogen and oxygen atoms in total. The molecule has 2 N–H and O–H groups in total. The van der Waals surface area contributed by atoms with Crippen molar-refractivity contribution in [3.8, 4) is 11.4 Å². The van der Waals surface area contributed by atoms with Crippen molar-refractivity contribution in [2.24, 2.45) is 5.41 Å². The van der Waals surface area contributed by atoms with Crippen LogP contribution in [0.15, 0.2) is 28.8 Å². The van der Waals surface area contributed by atoms with E-state index in [-0.39, 0.29) is 5.41 Å². The molecule has 0 bridgehead atoms. The topological polar surface area (TPSA) is 105 Å². The van der Waals surface area contributed by atoms with Gasteiger partial charge in [-0.1, -0.05) is 38.1 Å². The SMILES string of the molecule is CC(C)(C)Cc1nc(-c2cccc(C(=O)NCC(=O)O)c2)no1. The second-order valence-corrected chi connectivity index (χ2v) is 6.41. The lowest BCUT2D eigenvalue weighted by molar-refractivity contribution is -0.135. The zero-order valence-corrected chi connectivity index (χ0v) is 13.3. The van der Waals surface area contributed by atoms with Gasteiger partial charge in [-0.15, -0.1) is 0 Å². The first-order valence-corrected chi connectivity index (χ1v) is 7.17. The number of rotatable bonds is 5. The molecule has 1 aromatic heterocycles. The summed E-state index contributed by atoms with van der Waals surface area (Å²) >= 11 is 0. The first-order valence-electron chi connectivity index (χ1n) is 7.17. The van der Waals surface area contributed by atoms with Gasteiger partial charge in [-0.2, -0.15) is 4.98 Å². The summed E-state index contributed by atoms with van der Waals surface area (Å²) in [5, 5.41) is 14.8. The van der Waals surface area contributed by atoms with Crippen molar-refractivity contribution in [3.63, 3.8) is 0 Å². The third kappa shape index (κ3) is 4.91. The van der Waals surface area contributed by atoms with E-state index in [1.165, 1.54) is 0 Å². The minimum Gasteiger partial charge on any atom is -0.480 e. The van der Waals surface area contributed by atoms with E-state index in [4.69, 9.17) is 9.63 Å². The highest BCUT2D eigenvalue weighted by molar-refractivity contribution is 5.96. The number of amides is 1. The Bertz CT molecular complexity index is 716. The maximum Gasteiger partial charge on any atom is 0.322 e. The standard InChI is InChI=1S/C16H19N3O4/c1-16(2,3)8-12-18-14(19-23-12)10-5-4-6-11(7-10)15(22)17-9-13(20)21/h4-7H,8-9H2,1-3H3,(H,17,22)(H,20,21). The van der Waals surface area contributed by atoms with Crippen LogP contribution in [-0.2, 0) is 11.2 Å². The zero-order chi connectivity index (χ0) is 17.0. The van der Waals surface area contributed by atoms with Gasteiger partial charge >= 0.3 is 5.97 Å². The highest BCUT2D eigenvalue weighted by Gasteiger charge is 2.18. The van der Waals surface area contributed by atoms with Gasteiger partial charge in [0.25, 0.3) is 5.91 Å². The smallest absolute Gasteiger partial charge is 0.322 e. The summed E-state index contributed by atoms with van der Waals surface area (Å²) in [4.78, 5) is 26.7. The number of nitrogens with one attached hydrogen (secondary N) is 1. The normalized spacial score (nSPS) is 11.3. The third-order valence-corrected chi connectivity index (χ3v) is 2.93. The van der Waals surface area contributed by atoms with E-state index in [0.29, 0.717) is 29.3 Å². The first kappa shape index (κ1) is 16.7. The number of carbonyl (C=O) groups is 2. The van der Waals surface area contributed by atoms with Crippen LogP contribution in [-0.4, -0.2) is 33.7 Å². The van der Waals surface area contributed by atoms with Crippen molar-refractivity contribution < 1.29 is 19.2 Å². The second kappa shape index (κ2) is 6.60. The van der Waals surface area contributed by atoms with Crippen molar-refractivity contribution in [1.29, 1.82) is 0 Å². The summed E-state index contributed by atoms with van der Waals surface area (Å²) in [5.74, 6) is -0.627. The Hall–Kier alpha value is -2.70. The minimum absolute atomic E-state index is 0.0301. The molecule has 0 radical (unpaired) electrons. The van der Waals surface area contributed by atoms with E-state index < -0.39 is 18.4 Å². The molecule has 0 saturated heterocycles. The van der Waals surface area contributed by atoms with Crippen molar-refractivity contribution in [2.75, 3.05) is 6.54 Å². The molecule has 7 heteroatoms. The number of carboxylic acids is 1. The lowest BCUT2D eigenvalue weighted by atomic mass is 9.92. The minimum atomic E-state index is -1.10. The van der Waals surface area contributed by atoms with E-state index >= 15 is 0 Å². The molecule has 23 heavy (non-hydrogen) atoms. The Morgan fingerprint density at radius 1 is 1.30 bits per heavy atom. The lowest BCUT2D eigenvalue weighted by Gasteiger charge is -2.13. The Balaban J connectivity index is 2.16. The Morgan fingerprint density at radius 3 is 2.70 bits per heavy atom. The molecule has 122 valence electrons. The van der Waals surface area contributed by atoms with Gasteiger partial charge in [0.1, 0.15) is 6.54 Å². The van der Waals surface area contributed by atoms with E-state index in [1.807, 2.05) is 0 Å². The fourth-order valence-corrected chi connectivity index (χ4v) is 1.96. The monoisotopic (exact) mass is 317 g/mol. The van der Waals surface area contributed by atoms with Crippen LogP contribution in [0.3, 0.4) is 0 Å². The number of hydrogen-bond acceptors (Lipinski definition) is 5. The molecule has 0 unspecified atom stereocenters. The van der Waals surface area contributed by atoms with Crippen LogP contribution in [0.25, 0.3) is 11.4 Å². The van der Waals surface area contributed by atoms with E-state index in [2.05, 4.69) is 36.2 Å². The number of carboxylic acid groups (broad SMARTS) is 1. The summed E-state index contributed by atoms with van der Waals surface area (Å²) in [5.41, 5.74) is 1.00. The average molecular weight is 317 g/mol. The second-order valence-electron chi connectivity index (χ2n) is 6.41. The zero-order valence-electron chi connectivity index (χ0n) is 13.3. The van der Waals surface area contributed by atoms with Crippen LogP contribution in [0.5, 0.6) is 0 Å². The molecule has 1 heterocycles. The molecule has 0 aliphatic heterocycles. The molecule has 1 amide bonds. The molecule has 0 aliphatic carbocycles. The summed E-state index contributed by atoms with van der Waals surface area (Å²) in [6.45, 7) is 5.79. The molecule has 0 aliphatic rings. The third-order valence-electron chi connectivity index (χ3n) is 2.93. The molecule has 0 atom stereocenters. The van der Waals surface area contributed by atoms with E-state index in [1.54, 1.807) is 24.3 Å². The number of hydrogen-bond donors (Lipinski definition) is 2. The number of benzene rings is 1. The van der Waals surface area contributed by atoms with Crippen molar-refractivity contribution in [2.45, 2.75) is 27.2 Å². The van der Waals surface area contributed by atoms with E-state index in [0.717, 1.165) is 0 Å². The molecule has 2 aromatic rings. The Labute approximate surface area is 133 Å². The van der Waals surface area contributed by atoms with Crippen LogP contribution in [0.2, 0.25) is 0 Å². The largest absolute Gasteiger partial charge is 0.480 e. The van der Waals surface area contributed by atoms with Gasteiger partial charge in [0.05, 0.1) is 0 Å². The summed E-state index contributed by atoms with van der Waals surface area (Å²) < 4.78 is 5.24. The number of carbonyl (C=O) groups excluding carboxylic acids is 1. The molecule has 0 saturated carbocycles. The molecule has 2 rings (SSSR count). The van der Waals surface area contributed by atoms with Gasteiger partial charge in [-0.3, -0.25) is 9.59 Å². The lowest BCUT2D eigenvalue weighted by Crippen LogP contribution is -2.29. The number of aromatic nitrogens is 2. The summed E-state index contributed by atoms with van der Waals surface area (Å²) in [6, 6.07) is 6.64. The van der Waals surface area contributed by atoms with Crippen molar-refractivity contribution in [3.05, 3.63) is 35.7 Å². The number of aliphatic carboxylic acids is 1. The Kier molecular flexibility index (Phi) is 4.78. The predicted octanol–water partition coefficient (Wildman–Crippen LogP) is 2.14. The van der Waals surface area contributed by atoms with Gasteiger partial charge in [-0.05, 0) is 17.5 Å². The van der Waals surface area contributed by atoms with Gasteiger partial charge in [-0.25, -0.2) is 0 Å². The predicted molar refractivity (Wildman–Crippen MR) is 82.9 cm³/mol.